The van der Waals surface area contributed by atoms with E-state index in [4.69, 9.17) is 0 Å². The van der Waals surface area contributed by atoms with Gasteiger partial charge in [0.25, 0.3) is 5.56 Å². The molecule has 1 heterocycles. The minimum atomic E-state index is -0.181. The fourth-order valence-electron chi connectivity index (χ4n) is 2.27. The van der Waals surface area contributed by atoms with Gasteiger partial charge in [-0.1, -0.05) is 0 Å². The van der Waals surface area contributed by atoms with Gasteiger partial charge in [0.2, 0.25) is 5.91 Å². The number of nitrogens with one attached hydrogen (secondary N) is 1. The third kappa shape index (κ3) is 6.01. The van der Waals surface area contributed by atoms with E-state index in [0.717, 1.165) is 11.0 Å². The molecule has 21 heavy (non-hydrogen) atoms. The smallest absolute Gasteiger partial charge is 0.251 e. The standard InChI is InChI=1S/C15H24BrN3O2/c1-11(2)19(12(3)4)8-7-17-14(20)10-18-9-13(16)5-6-15(18)21/h5-6,9,11-12H,7-8,10H2,1-4H3,(H,17,20). The molecule has 1 amide bonds. The van der Waals surface area contributed by atoms with Crippen LogP contribution in [0.4, 0.5) is 0 Å². The van der Waals surface area contributed by atoms with Crippen LogP contribution in [0.2, 0.25) is 0 Å². The molecule has 0 atom stereocenters. The highest BCUT2D eigenvalue weighted by Gasteiger charge is 2.13. The normalized spacial score (nSPS) is 11.4. The van der Waals surface area contributed by atoms with Crippen molar-refractivity contribution in [3.05, 3.63) is 33.2 Å². The largest absolute Gasteiger partial charge is 0.353 e. The highest BCUT2D eigenvalue weighted by Crippen LogP contribution is 2.05. The zero-order chi connectivity index (χ0) is 16.0. The Morgan fingerprint density at radius 1 is 1.29 bits per heavy atom. The molecule has 1 N–H and O–H groups in total. The minimum Gasteiger partial charge on any atom is -0.353 e. The first kappa shape index (κ1) is 17.9. The molecular formula is C15H24BrN3O2. The van der Waals surface area contributed by atoms with Crippen molar-refractivity contribution in [2.45, 2.75) is 46.3 Å². The molecule has 0 aliphatic rings. The number of carbonyl (C=O) groups excluding carboxylic acids is 1. The zero-order valence-electron chi connectivity index (χ0n) is 13.1. The third-order valence-corrected chi connectivity index (χ3v) is 3.75. The number of hydrogen-bond donors (Lipinski definition) is 1. The molecule has 1 aromatic heterocycles. The van der Waals surface area contributed by atoms with Crippen LogP contribution in [0.3, 0.4) is 0 Å². The van der Waals surface area contributed by atoms with Crippen molar-refractivity contribution in [1.82, 2.24) is 14.8 Å². The highest BCUT2D eigenvalue weighted by atomic mass is 79.9. The minimum absolute atomic E-state index is 0.0433. The van der Waals surface area contributed by atoms with E-state index in [2.05, 4.69) is 53.8 Å². The Balaban J connectivity index is 2.48. The van der Waals surface area contributed by atoms with Gasteiger partial charge in [-0.25, -0.2) is 0 Å². The predicted molar refractivity (Wildman–Crippen MR) is 88.4 cm³/mol. The van der Waals surface area contributed by atoms with Gasteiger partial charge < -0.3 is 9.88 Å². The Morgan fingerprint density at radius 2 is 1.90 bits per heavy atom. The molecule has 0 unspecified atom stereocenters. The number of halogens is 1. The van der Waals surface area contributed by atoms with Crippen LogP contribution in [-0.2, 0) is 11.3 Å². The van der Waals surface area contributed by atoms with E-state index < -0.39 is 0 Å². The Kier molecular flexibility index (Phi) is 7.11. The van der Waals surface area contributed by atoms with Crippen LogP contribution >= 0.6 is 15.9 Å². The van der Waals surface area contributed by atoms with Crippen LogP contribution in [-0.4, -0.2) is 40.5 Å². The van der Waals surface area contributed by atoms with Gasteiger partial charge in [-0.2, -0.15) is 0 Å². The summed E-state index contributed by atoms with van der Waals surface area (Å²) in [5, 5.41) is 2.86. The number of hydrogen-bond acceptors (Lipinski definition) is 3. The van der Waals surface area contributed by atoms with E-state index in [9.17, 15) is 9.59 Å². The summed E-state index contributed by atoms with van der Waals surface area (Å²) in [6, 6.07) is 3.99. The molecular weight excluding hydrogens is 334 g/mol. The molecule has 0 radical (unpaired) electrons. The first-order chi connectivity index (χ1) is 9.81. The zero-order valence-corrected chi connectivity index (χ0v) is 14.7. The molecule has 0 saturated carbocycles. The Labute approximate surface area is 134 Å². The number of aromatic nitrogens is 1. The summed E-state index contributed by atoms with van der Waals surface area (Å²) in [5.74, 6) is -0.150. The molecule has 0 aliphatic heterocycles. The average Bonchev–Trinajstić information content (AvgIpc) is 2.38. The summed E-state index contributed by atoms with van der Waals surface area (Å²) in [6.07, 6.45) is 1.62. The maximum atomic E-state index is 11.9. The van der Waals surface area contributed by atoms with Gasteiger partial charge in [-0.3, -0.25) is 14.5 Å². The van der Waals surface area contributed by atoms with Crippen LogP contribution in [0.1, 0.15) is 27.7 Å². The molecule has 0 fully saturated rings. The van der Waals surface area contributed by atoms with Crippen molar-refractivity contribution in [3.63, 3.8) is 0 Å². The van der Waals surface area contributed by atoms with E-state index in [1.54, 1.807) is 12.3 Å². The highest BCUT2D eigenvalue weighted by molar-refractivity contribution is 9.10. The van der Waals surface area contributed by atoms with E-state index in [1.807, 2.05) is 0 Å². The SMILES string of the molecule is CC(C)N(CCNC(=O)Cn1cc(Br)ccc1=O)C(C)C. The molecule has 1 rings (SSSR count). The number of pyridine rings is 1. The Hall–Kier alpha value is -1.14. The Morgan fingerprint density at radius 3 is 2.48 bits per heavy atom. The van der Waals surface area contributed by atoms with Gasteiger partial charge in [0, 0.05) is 41.9 Å². The van der Waals surface area contributed by atoms with Gasteiger partial charge in [-0.05, 0) is 49.7 Å². The van der Waals surface area contributed by atoms with Crippen LogP contribution in [0, 0.1) is 0 Å². The third-order valence-electron chi connectivity index (χ3n) is 3.28. The predicted octanol–water partition coefficient (Wildman–Crippen LogP) is 1.85. The lowest BCUT2D eigenvalue weighted by molar-refractivity contribution is -0.121. The summed E-state index contributed by atoms with van der Waals surface area (Å²) < 4.78 is 2.17. The summed E-state index contributed by atoms with van der Waals surface area (Å²) in [6.45, 7) is 9.99. The first-order valence-corrected chi connectivity index (χ1v) is 7.99. The van der Waals surface area contributed by atoms with Gasteiger partial charge >= 0.3 is 0 Å². The maximum absolute atomic E-state index is 11.9. The van der Waals surface area contributed by atoms with Crippen LogP contribution in [0.5, 0.6) is 0 Å². The second-order valence-corrected chi connectivity index (χ2v) is 6.50. The average molecular weight is 358 g/mol. The number of nitrogens with zero attached hydrogens (tertiary/aromatic N) is 2. The van der Waals surface area contributed by atoms with E-state index in [-0.39, 0.29) is 18.0 Å². The maximum Gasteiger partial charge on any atom is 0.251 e. The first-order valence-electron chi connectivity index (χ1n) is 7.19. The molecule has 0 aliphatic carbocycles. The number of carbonyl (C=O) groups is 1. The summed E-state index contributed by atoms with van der Waals surface area (Å²) in [5.41, 5.74) is -0.181. The monoisotopic (exact) mass is 357 g/mol. The molecule has 0 saturated heterocycles. The lowest BCUT2D eigenvalue weighted by Gasteiger charge is -2.30. The van der Waals surface area contributed by atoms with Crippen LogP contribution in [0.25, 0.3) is 0 Å². The van der Waals surface area contributed by atoms with Crippen LogP contribution in [0.15, 0.2) is 27.6 Å². The van der Waals surface area contributed by atoms with Crippen LogP contribution < -0.4 is 10.9 Å². The fourth-order valence-corrected chi connectivity index (χ4v) is 2.65. The van der Waals surface area contributed by atoms with Crippen molar-refractivity contribution in [3.8, 4) is 0 Å². The van der Waals surface area contributed by atoms with Crippen molar-refractivity contribution < 1.29 is 4.79 Å². The summed E-state index contributed by atoms with van der Waals surface area (Å²) in [7, 11) is 0. The Bertz CT molecular complexity index is 518. The summed E-state index contributed by atoms with van der Waals surface area (Å²) >= 11 is 3.29. The molecule has 5 nitrogen and oxygen atoms in total. The molecule has 0 spiro atoms. The topological polar surface area (TPSA) is 54.3 Å². The molecule has 1 aromatic rings. The van der Waals surface area contributed by atoms with E-state index in [1.165, 1.54) is 10.6 Å². The van der Waals surface area contributed by atoms with Crippen molar-refractivity contribution >= 4 is 21.8 Å². The lowest BCUT2D eigenvalue weighted by atomic mass is 10.2. The van der Waals surface area contributed by atoms with Crippen molar-refractivity contribution in [1.29, 1.82) is 0 Å². The second-order valence-electron chi connectivity index (χ2n) is 5.59. The molecule has 6 heteroatoms. The molecule has 118 valence electrons. The number of amides is 1. The fraction of sp³-hybridized carbons (Fsp3) is 0.600. The second kappa shape index (κ2) is 8.34. The van der Waals surface area contributed by atoms with Gasteiger partial charge in [0.1, 0.15) is 6.54 Å². The lowest BCUT2D eigenvalue weighted by Crippen LogP contribution is -2.43. The van der Waals surface area contributed by atoms with Gasteiger partial charge in [0.05, 0.1) is 0 Å². The van der Waals surface area contributed by atoms with Gasteiger partial charge in [-0.15, -0.1) is 0 Å². The number of rotatable bonds is 7. The van der Waals surface area contributed by atoms with E-state index in [0.29, 0.717) is 18.6 Å². The molecule has 0 bridgehead atoms. The quantitative estimate of drug-likeness (QED) is 0.809. The van der Waals surface area contributed by atoms with Crippen molar-refractivity contribution in [2.75, 3.05) is 13.1 Å². The van der Waals surface area contributed by atoms with Crippen molar-refractivity contribution in [2.24, 2.45) is 0 Å². The summed E-state index contributed by atoms with van der Waals surface area (Å²) in [4.78, 5) is 25.8. The van der Waals surface area contributed by atoms with Gasteiger partial charge in [0.15, 0.2) is 0 Å². The molecule has 0 aromatic carbocycles. The van der Waals surface area contributed by atoms with E-state index >= 15 is 0 Å².